The Morgan fingerprint density at radius 1 is 1.15 bits per heavy atom. The number of halogens is 1. The lowest BCUT2D eigenvalue weighted by atomic mass is 9.94. The minimum atomic E-state index is -0.478. The van der Waals surface area contributed by atoms with Gasteiger partial charge in [0.25, 0.3) is 11.8 Å². The summed E-state index contributed by atoms with van der Waals surface area (Å²) in [5.74, 6) is -0.0346. The number of rotatable bonds is 1. The van der Waals surface area contributed by atoms with E-state index in [9.17, 15) is 9.59 Å². The van der Waals surface area contributed by atoms with Crippen molar-refractivity contribution in [2.75, 3.05) is 25.4 Å². The second-order valence-electron chi connectivity index (χ2n) is 10.0. The zero-order valence-electron chi connectivity index (χ0n) is 21.3. The van der Waals surface area contributed by atoms with Crippen LogP contribution in [0.25, 0.3) is 0 Å². The van der Waals surface area contributed by atoms with Gasteiger partial charge >= 0.3 is 0 Å². The third-order valence-corrected chi connectivity index (χ3v) is 7.60. The van der Waals surface area contributed by atoms with Gasteiger partial charge in [0.05, 0.1) is 36.6 Å². The number of amides is 2. The Kier molecular flexibility index (Phi) is 7.05. The number of nitrogens with two attached hydrogens (primary N) is 1. The number of aryl methyl sites for hydroxylation is 2. The van der Waals surface area contributed by atoms with E-state index in [1.807, 2.05) is 6.20 Å². The zero-order chi connectivity index (χ0) is 26.9. The van der Waals surface area contributed by atoms with Crippen LogP contribution in [0.15, 0.2) is 24.4 Å². The van der Waals surface area contributed by atoms with E-state index in [0.717, 1.165) is 36.9 Å². The zero-order valence-corrected chi connectivity index (χ0v) is 22.1. The van der Waals surface area contributed by atoms with Gasteiger partial charge in [0.15, 0.2) is 0 Å². The van der Waals surface area contributed by atoms with E-state index >= 15 is 0 Å². The molecule has 204 valence electrons. The number of hydrogen-bond donors (Lipinski definition) is 2. The molecule has 13 heteroatoms. The largest absolute Gasteiger partial charge is 0.492 e. The summed E-state index contributed by atoms with van der Waals surface area (Å²) in [6, 6.07) is 4.44. The summed E-state index contributed by atoms with van der Waals surface area (Å²) >= 11 is 6.31. The van der Waals surface area contributed by atoms with Crippen molar-refractivity contribution in [3.05, 3.63) is 57.6 Å². The van der Waals surface area contributed by atoms with Crippen LogP contribution in [0.4, 0.5) is 5.95 Å². The molecule has 0 radical (unpaired) electrons. The van der Waals surface area contributed by atoms with E-state index in [2.05, 4.69) is 25.6 Å². The summed E-state index contributed by atoms with van der Waals surface area (Å²) in [6.07, 6.45) is 5.51. The molecule has 1 fully saturated rings. The smallest absolute Gasteiger partial charge is 0.273 e. The van der Waals surface area contributed by atoms with Gasteiger partial charge < -0.3 is 25.4 Å². The number of nitrogens with one attached hydrogen (secondary N) is 1. The number of fused-ring (bicyclic) bond motifs is 6. The second kappa shape index (κ2) is 10.8. The summed E-state index contributed by atoms with van der Waals surface area (Å²) in [6.45, 7) is 1.71. The first-order chi connectivity index (χ1) is 18.9. The van der Waals surface area contributed by atoms with Crippen LogP contribution in [0, 0.1) is 0 Å². The van der Waals surface area contributed by atoms with Crippen LogP contribution in [0.3, 0.4) is 0 Å². The molecular weight excluding hydrogens is 524 g/mol. The Labute approximate surface area is 229 Å². The summed E-state index contributed by atoms with van der Waals surface area (Å²) in [5.41, 5.74) is 9.06. The molecule has 0 spiro atoms. The highest BCUT2D eigenvalue weighted by molar-refractivity contribution is 6.32. The Morgan fingerprint density at radius 3 is 2.92 bits per heavy atom. The van der Waals surface area contributed by atoms with Gasteiger partial charge in [0.2, 0.25) is 5.95 Å². The molecule has 3 N–H and O–H groups in total. The molecule has 4 bridgehead atoms. The van der Waals surface area contributed by atoms with E-state index in [1.165, 1.54) is 0 Å². The van der Waals surface area contributed by atoms with Gasteiger partial charge in [-0.15, -0.1) is 5.10 Å². The molecule has 3 aliphatic rings. The maximum Gasteiger partial charge on any atom is 0.273 e. The Hall–Kier alpha value is -3.77. The van der Waals surface area contributed by atoms with Crippen molar-refractivity contribution in [3.63, 3.8) is 0 Å². The van der Waals surface area contributed by atoms with Crippen LogP contribution in [-0.4, -0.2) is 73.5 Å². The molecule has 0 unspecified atom stereocenters. The van der Waals surface area contributed by atoms with Crippen molar-refractivity contribution in [2.45, 2.75) is 57.4 Å². The molecule has 1 aromatic carbocycles. The monoisotopic (exact) mass is 552 g/mol. The summed E-state index contributed by atoms with van der Waals surface area (Å²) in [7, 11) is 0. The number of carbonyl (C=O) groups excluding carboxylic acids is 2. The van der Waals surface area contributed by atoms with Crippen molar-refractivity contribution in [1.82, 2.24) is 35.2 Å². The van der Waals surface area contributed by atoms with Gasteiger partial charge in [-0.3, -0.25) is 14.3 Å². The number of hydrogen-bond acceptors (Lipinski definition) is 9. The molecule has 0 saturated carbocycles. The maximum absolute atomic E-state index is 13.7. The van der Waals surface area contributed by atoms with Crippen LogP contribution < -0.4 is 15.8 Å². The molecule has 2 aliphatic heterocycles. The molecule has 1 aliphatic carbocycles. The SMILES string of the molecule is Nc1nc2c(c(C(=O)N3C[C@@H]4NC(=O)c5ccc(Cl)c(c5)OCCCn5cc(nn5)CO[C@H]4C3)n1)CCCC2. The van der Waals surface area contributed by atoms with E-state index < -0.39 is 12.1 Å². The number of nitrogens with zero attached hydrogens (tertiary/aromatic N) is 6. The number of benzene rings is 1. The second-order valence-corrected chi connectivity index (χ2v) is 10.4. The topological polar surface area (TPSA) is 150 Å². The number of nitrogen functional groups attached to an aromatic ring is 1. The van der Waals surface area contributed by atoms with Crippen molar-refractivity contribution in [1.29, 1.82) is 0 Å². The van der Waals surface area contributed by atoms with Crippen LogP contribution in [-0.2, 0) is 30.7 Å². The van der Waals surface area contributed by atoms with Gasteiger partial charge in [-0.2, -0.15) is 0 Å². The number of anilines is 1. The molecule has 2 aromatic heterocycles. The summed E-state index contributed by atoms with van der Waals surface area (Å²) in [4.78, 5) is 37.3. The Balaban J connectivity index is 1.28. The van der Waals surface area contributed by atoms with Crippen molar-refractivity contribution in [3.8, 4) is 5.75 Å². The average molecular weight is 553 g/mol. The van der Waals surface area contributed by atoms with E-state index in [1.54, 1.807) is 27.8 Å². The highest BCUT2D eigenvalue weighted by Crippen LogP contribution is 2.28. The first kappa shape index (κ1) is 25.5. The minimum Gasteiger partial charge on any atom is -0.492 e. The third-order valence-electron chi connectivity index (χ3n) is 7.29. The fourth-order valence-corrected chi connectivity index (χ4v) is 5.48. The molecule has 12 nitrogen and oxygen atoms in total. The van der Waals surface area contributed by atoms with Gasteiger partial charge in [0.1, 0.15) is 17.1 Å². The van der Waals surface area contributed by atoms with Gasteiger partial charge in [-0.05, 0) is 43.9 Å². The molecule has 1 saturated heterocycles. The van der Waals surface area contributed by atoms with Gasteiger partial charge in [-0.25, -0.2) is 9.97 Å². The standard InChI is InChI=1S/C26H29ClN8O4/c27-18-7-6-15-10-21(18)38-9-3-8-35-11-16(32-33-35)14-39-22-13-34(12-20(22)29-24(15)36)25(37)23-17-4-1-2-5-19(17)30-26(28)31-23/h6-7,10-11,20,22H,1-5,8-9,12-14H2,(H,29,36)(H2,28,30,31)/t20-,22-/m0/s1. The van der Waals surface area contributed by atoms with E-state index in [4.69, 9.17) is 26.8 Å². The highest BCUT2D eigenvalue weighted by atomic mass is 35.5. The molecule has 2 atom stereocenters. The van der Waals surface area contributed by atoms with Crippen molar-refractivity contribution < 1.29 is 19.1 Å². The molecule has 2 amide bonds. The van der Waals surface area contributed by atoms with Crippen molar-refractivity contribution in [2.24, 2.45) is 0 Å². The van der Waals surface area contributed by atoms with Gasteiger partial charge in [-0.1, -0.05) is 16.8 Å². The predicted octanol–water partition coefficient (Wildman–Crippen LogP) is 1.80. The number of likely N-dealkylation sites (tertiary alicyclic amines) is 1. The molecule has 3 aromatic rings. The molecule has 4 heterocycles. The van der Waals surface area contributed by atoms with Crippen molar-refractivity contribution >= 4 is 29.4 Å². The van der Waals surface area contributed by atoms with Gasteiger partial charge in [0, 0.05) is 42.9 Å². The number of carbonyl (C=O) groups is 2. The Morgan fingerprint density at radius 2 is 2.03 bits per heavy atom. The average Bonchev–Trinajstić information content (AvgIpc) is 3.56. The third kappa shape index (κ3) is 5.39. The molecule has 6 rings (SSSR count). The summed E-state index contributed by atoms with van der Waals surface area (Å²) < 4.78 is 13.8. The molecule has 39 heavy (non-hydrogen) atoms. The van der Waals surface area contributed by atoms with Crippen LogP contribution in [0.1, 0.15) is 57.1 Å². The first-order valence-electron chi connectivity index (χ1n) is 13.1. The number of aromatic nitrogens is 5. The highest BCUT2D eigenvalue weighted by Gasteiger charge is 2.39. The van der Waals surface area contributed by atoms with E-state index in [0.29, 0.717) is 47.3 Å². The lowest BCUT2D eigenvalue weighted by molar-refractivity contribution is 0.0290. The first-order valence-corrected chi connectivity index (χ1v) is 13.5. The number of ether oxygens (including phenoxy) is 2. The maximum atomic E-state index is 13.7. The fraction of sp³-hybridized carbons (Fsp3) is 0.462. The van der Waals surface area contributed by atoms with E-state index in [-0.39, 0.29) is 37.5 Å². The lowest BCUT2D eigenvalue weighted by Gasteiger charge is -2.21. The normalized spacial score (nSPS) is 21.5. The van der Waals surface area contributed by atoms with Crippen LogP contribution >= 0.6 is 11.6 Å². The minimum absolute atomic E-state index is 0.0945. The predicted molar refractivity (Wildman–Crippen MR) is 140 cm³/mol. The fourth-order valence-electron chi connectivity index (χ4n) is 5.31. The Bertz CT molecular complexity index is 1410. The summed E-state index contributed by atoms with van der Waals surface area (Å²) in [5, 5.41) is 11.8. The molecular formula is C26H29ClN8O4. The quantitative estimate of drug-likeness (QED) is 0.460. The van der Waals surface area contributed by atoms with Crippen LogP contribution in [0.5, 0.6) is 5.75 Å². The lowest BCUT2D eigenvalue weighted by Crippen LogP contribution is -2.44. The van der Waals surface area contributed by atoms with Crippen LogP contribution in [0.2, 0.25) is 5.02 Å².